The molecule has 24 heavy (non-hydrogen) atoms. The number of hydrogen-bond acceptors (Lipinski definition) is 4. The standard InChI is InChI=1S/C19H19N3O2/c23-17-19(15-7-3-1-4-8-15,16-9-5-2-6-10-16)24-18(21-17)22-13-11-20-12-14-22/h1-10,20H,11-14H2. The third-order valence-electron chi connectivity index (χ3n) is 4.49. The second kappa shape index (κ2) is 6.09. The second-order valence-corrected chi connectivity index (χ2v) is 5.95. The summed E-state index contributed by atoms with van der Waals surface area (Å²) >= 11 is 0. The van der Waals surface area contributed by atoms with Crippen molar-refractivity contribution in [2.45, 2.75) is 5.60 Å². The summed E-state index contributed by atoms with van der Waals surface area (Å²) in [5, 5.41) is 3.30. The Balaban J connectivity index is 1.77. The summed E-state index contributed by atoms with van der Waals surface area (Å²) in [5.41, 5.74) is 0.410. The number of nitrogens with zero attached hydrogens (tertiary/aromatic N) is 2. The summed E-state index contributed by atoms with van der Waals surface area (Å²) in [6.07, 6.45) is 0. The zero-order chi connectivity index (χ0) is 16.4. The maximum atomic E-state index is 13.0. The summed E-state index contributed by atoms with van der Waals surface area (Å²) in [6.45, 7) is 3.29. The number of rotatable bonds is 2. The van der Waals surface area contributed by atoms with E-state index in [1.807, 2.05) is 65.6 Å². The molecule has 1 amide bonds. The van der Waals surface area contributed by atoms with Crippen LogP contribution in [0.25, 0.3) is 0 Å². The van der Waals surface area contributed by atoms with Gasteiger partial charge in [0, 0.05) is 37.3 Å². The van der Waals surface area contributed by atoms with E-state index >= 15 is 0 Å². The fraction of sp³-hybridized carbons (Fsp3) is 0.263. The Morgan fingerprint density at radius 3 is 2.00 bits per heavy atom. The molecule has 0 aromatic heterocycles. The molecule has 0 bridgehead atoms. The summed E-state index contributed by atoms with van der Waals surface area (Å²) in [4.78, 5) is 19.3. The van der Waals surface area contributed by atoms with Crippen LogP contribution in [0.1, 0.15) is 11.1 Å². The molecule has 5 nitrogen and oxygen atoms in total. The average molecular weight is 321 g/mol. The summed E-state index contributed by atoms with van der Waals surface area (Å²) < 4.78 is 6.27. The lowest BCUT2D eigenvalue weighted by Crippen LogP contribution is -2.48. The van der Waals surface area contributed by atoms with Crippen LogP contribution < -0.4 is 5.32 Å². The van der Waals surface area contributed by atoms with Crippen LogP contribution >= 0.6 is 0 Å². The molecule has 2 aliphatic rings. The first-order chi connectivity index (χ1) is 11.8. The molecule has 2 aromatic rings. The Hall–Kier alpha value is -2.66. The smallest absolute Gasteiger partial charge is 0.304 e. The van der Waals surface area contributed by atoms with Crippen molar-refractivity contribution in [3.8, 4) is 0 Å². The number of benzene rings is 2. The average Bonchev–Trinajstić information content (AvgIpc) is 3.02. The Labute approximate surface area is 141 Å². The Morgan fingerprint density at radius 1 is 0.917 bits per heavy atom. The van der Waals surface area contributed by atoms with Gasteiger partial charge in [0.2, 0.25) is 5.60 Å². The second-order valence-electron chi connectivity index (χ2n) is 5.95. The molecular weight excluding hydrogens is 302 g/mol. The van der Waals surface area contributed by atoms with E-state index in [4.69, 9.17) is 4.74 Å². The van der Waals surface area contributed by atoms with E-state index in [0.717, 1.165) is 37.3 Å². The maximum Gasteiger partial charge on any atom is 0.304 e. The van der Waals surface area contributed by atoms with Crippen molar-refractivity contribution >= 4 is 11.9 Å². The van der Waals surface area contributed by atoms with Crippen molar-refractivity contribution in [2.75, 3.05) is 26.2 Å². The van der Waals surface area contributed by atoms with Gasteiger partial charge in [0.15, 0.2) is 0 Å². The number of piperazine rings is 1. The Bertz CT molecular complexity index is 713. The summed E-state index contributed by atoms with van der Waals surface area (Å²) in [7, 11) is 0. The molecular formula is C19H19N3O2. The van der Waals surface area contributed by atoms with E-state index in [2.05, 4.69) is 10.3 Å². The van der Waals surface area contributed by atoms with Gasteiger partial charge < -0.3 is 15.0 Å². The molecule has 122 valence electrons. The summed E-state index contributed by atoms with van der Waals surface area (Å²) in [6, 6.07) is 19.6. The SMILES string of the molecule is O=C1N=C(N2CCNCC2)OC1(c1ccccc1)c1ccccc1. The zero-order valence-electron chi connectivity index (χ0n) is 13.3. The quantitative estimate of drug-likeness (QED) is 0.915. The molecule has 2 aromatic carbocycles. The number of aliphatic imine (C=N–C) groups is 1. The van der Waals surface area contributed by atoms with Gasteiger partial charge in [-0.1, -0.05) is 60.7 Å². The van der Waals surface area contributed by atoms with Gasteiger partial charge in [0.05, 0.1) is 0 Å². The van der Waals surface area contributed by atoms with E-state index in [1.54, 1.807) is 0 Å². The van der Waals surface area contributed by atoms with Gasteiger partial charge in [-0.25, -0.2) is 0 Å². The molecule has 1 saturated heterocycles. The lowest BCUT2D eigenvalue weighted by molar-refractivity contribution is -0.128. The number of nitrogens with one attached hydrogen (secondary N) is 1. The minimum absolute atomic E-state index is 0.270. The molecule has 0 radical (unpaired) electrons. The van der Waals surface area contributed by atoms with E-state index in [1.165, 1.54) is 0 Å². The van der Waals surface area contributed by atoms with Crippen molar-refractivity contribution in [1.29, 1.82) is 0 Å². The first kappa shape index (κ1) is 14.9. The number of ether oxygens (including phenoxy) is 1. The zero-order valence-corrected chi connectivity index (χ0v) is 13.3. The molecule has 5 heteroatoms. The Kier molecular flexibility index (Phi) is 3.78. The monoisotopic (exact) mass is 321 g/mol. The van der Waals surface area contributed by atoms with Gasteiger partial charge in [-0.15, -0.1) is 0 Å². The van der Waals surface area contributed by atoms with Crippen LogP contribution in [0.15, 0.2) is 65.7 Å². The number of amides is 1. The van der Waals surface area contributed by atoms with Gasteiger partial charge in [-0.3, -0.25) is 4.79 Å². The van der Waals surface area contributed by atoms with Gasteiger partial charge in [0.1, 0.15) is 0 Å². The first-order valence-corrected chi connectivity index (χ1v) is 8.19. The van der Waals surface area contributed by atoms with Crippen LogP contribution in [-0.2, 0) is 15.1 Å². The topological polar surface area (TPSA) is 53.9 Å². The predicted molar refractivity (Wildman–Crippen MR) is 91.6 cm³/mol. The van der Waals surface area contributed by atoms with Crippen LogP contribution in [0.5, 0.6) is 0 Å². The maximum absolute atomic E-state index is 13.0. The molecule has 0 spiro atoms. The molecule has 2 heterocycles. The van der Waals surface area contributed by atoms with Crippen molar-refractivity contribution in [3.63, 3.8) is 0 Å². The minimum Gasteiger partial charge on any atom is -0.438 e. The fourth-order valence-electron chi connectivity index (χ4n) is 3.24. The number of carbonyl (C=O) groups is 1. The molecule has 0 unspecified atom stereocenters. The van der Waals surface area contributed by atoms with Crippen molar-refractivity contribution in [2.24, 2.45) is 4.99 Å². The molecule has 4 rings (SSSR count). The Morgan fingerprint density at radius 2 is 1.46 bits per heavy atom. The number of carbonyl (C=O) groups excluding carboxylic acids is 1. The first-order valence-electron chi connectivity index (χ1n) is 8.19. The lowest BCUT2D eigenvalue weighted by atomic mass is 9.86. The van der Waals surface area contributed by atoms with E-state index in [-0.39, 0.29) is 5.91 Å². The van der Waals surface area contributed by atoms with Crippen LogP contribution in [0.3, 0.4) is 0 Å². The van der Waals surface area contributed by atoms with Crippen LogP contribution in [0.4, 0.5) is 0 Å². The predicted octanol–water partition coefficient (Wildman–Crippen LogP) is 1.75. The fourth-order valence-corrected chi connectivity index (χ4v) is 3.24. The summed E-state index contributed by atoms with van der Waals surface area (Å²) in [5.74, 6) is -0.270. The molecule has 0 saturated carbocycles. The molecule has 2 aliphatic heterocycles. The van der Waals surface area contributed by atoms with Gasteiger partial charge in [-0.05, 0) is 0 Å². The highest BCUT2D eigenvalue weighted by atomic mass is 16.5. The lowest BCUT2D eigenvalue weighted by Gasteiger charge is -2.32. The minimum atomic E-state index is -1.19. The van der Waals surface area contributed by atoms with Gasteiger partial charge in [-0.2, -0.15) is 4.99 Å². The van der Waals surface area contributed by atoms with Gasteiger partial charge >= 0.3 is 5.91 Å². The third-order valence-corrected chi connectivity index (χ3v) is 4.49. The largest absolute Gasteiger partial charge is 0.438 e. The third kappa shape index (κ3) is 2.37. The van der Waals surface area contributed by atoms with Crippen molar-refractivity contribution in [1.82, 2.24) is 10.2 Å². The van der Waals surface area contributed by atoms with Crippen molar-refractivity contribution in [3.05, 3.63) is 71.8 Å². The van der Waals surface area contributed by atoms with E-state index in [9.17, 15) is 4.79 Å². The van der Waals surface area contributed by atoms with E-state index in [0.29, 0.717) is 6.02 Å². The highest BCUT2D eigenvalue weighted by Crippen LogP contribution is 2.39. The van der Waals surface area contributed by atoms with E-state index < -0.39 is 5.60 Å². The normalized spacial score (nSPS) is 19.8. The number of amidine groups is 1. The van der Waals surface area contributed by atoms with Crippen molar-refractivity contribution < 1.29 is 9.53 Å². The van der Waals surface area contributed by atoms with Gasteiger partial charge in [0.25, 0.3) is 6.02 Å². The number of hydrogen-bond donors (Lipinski definition) is 1. The highest BCUT2D eigenvalue weighted by Gasteiger charge is 2.51. The molecule has 1 fully saturated rings. The molecule has 0 aliphatic carbocycles. The highest BCUT2D eigenvalue weighted by molar-refractivity contribution is 6.04. The van der Waals surface area contributed by atoms with Crippen LogP contribution in [0, 0.1) is 0 Å². The molecule has 1 N–H and O–H groups in total. The molecule has 0 atom stereocenters. The van der Waals surface area contributed by atoms with Crippen LogP contribution in [-0.4, -0.2) is 43.0 Å². The van der Waals surface area contributed by atoms with Crippen LogP contribution in [0.2, 0.25) is 0 Å².